The summed E-state index contributed by atoms with van der Waals surface area (Å²) in [4.78, 5) is 25.1. The van der Waals surface area contributed by atoms with Gasteiger partial charge < -0.3 is 19.3 Å². The SMILES string of the molecule is CC[C@H](C)[C@H](CO)NC(=O)Cc1c(C)c2cc3c(C)coc3c(C)c2oc1=O. The van der Waals surface area contributed by atoms with E-state index in [9.17, 15) is 14.7 Å². The van der Waals surface area contributed by atoms with E-state index in [-0.39, 0.29) is 30.9 Å². The molecule has 0 unspecified atom stereocenters. The van der Waals surface area contributed by atoms with Gasteiger partial charge in [-0.15, -0.1) is 0 Å². The Morgan fingerprint density at radius 2 is 1.89 bits per heavy atom. The van der Waals surface area contributed by atoms with Gasteiger partial charge in [0.1, 0.15) is 11.2 Å². The number of benzene rings is 1. The van der Waals surface area contributed by atoms with Crippen LogP contribution < -0.4 is 10.9 Å². The van der Waals surface area contributed by atoms with Crippen molar-refractivity contribution in [1.82, 2.24) is 5.32 Å². The van der Waals surface area contributed by atoms with Crippen LogP contribution in [0.15, 0.2) is 26.0 Å². The first-order valence-electron chi connectivity index (χ1n) is 9.62. The molecule has 0 bridgehead atoms. The Balaban J connectivity index is 2.02. The van der Waals surface area contributed by atoms with Crippen molar-refractivity contribution in [1.29, 1.82) is 0 Å². The Labute approximate surface area is 163 Å². The summed E-state index contributed by atoms with van der Waals surface area (Å²) in [6.45, 7) is 9.49. The average molecular weight is 385 g/mol. The van der Waals surface area contributed by atoms with Gasteiger partial charge in [-0.1, -0.05) is 20.3 Å². The molecule has 0 aliphatic heterocycles. The molecule has 3 aromatic rings. The topological polar surface area (TPSA) is 92.7 Å². The molecule has 2 aromatic heterocycles. The van der Waals surface area contributed by atoms with Gasteiger partial charge in [0.15, 0.2) is 0 Å². The van der Waals surface area contributed by atoms with E-state index in [0.29, 0.717) is 16.7 Å². The minimum atomic E-state index is -0.519. The zero-order valence-electron chi connectivity index (χ0n) is 17.0. The molecule has 0 saturated carbocycles. The van der Waals surface area contributed by atoms with Crippen molar-refractivity contribution in [2.45, 2.75) is 53.5 Å². The molecule has 3 rings (SSSR count). The van der Waals surface area contributed by atoms with Crippen LogP contribution in [0.3, 0.4) is 0 Å². The standard InChI is InChI=1S/C22H27NO5/c1-6-11(2)18(9-24)23-19(25)8-17-13(4)16-7-15-12(3)10-27-20(15)14(5)21(16)28-22(17)26/h7,10-11,18,24H,6,8-9H2,1-5H3,(H,23,25)/t11-,18-/m0/s1. The quantitative estimate of drug-likeness (QED) is 0.633. The zero-order chi connectivity index (χ0) is 20.6. The van der Waals surface area contributed by atoms with Gasteiger partial charge in [-0.2, -0.15) is 0 Å². The van der Waals surface area contributed by atoms with Gasteiger partial charge in [-0.25, -0.2) is 4.79 Å². The Bertz CT molecular complexity index is 1090. The number of aliphatic hydroxyl groups excluding tert-OH is 1. The van der Waals surface area contributed by atoms with Crippen molar-refractivity contribution >= 4 is 27.8 Å². The largest absolute Gasteiger partial charge is 0.464 e. The molecule has 28 heavy (non-hydrogen) atoms. The van der Waals surface area contributed by atoms with Gasteiger partial charge in [0.2, 0.25) is 5.91 Å². The van der Waals surface area contributed by atoms with Crippen molar-refractivity contribution in [3.05, 3.63) is 45.0 Å². The lowest BCUT2D eigenvalue weighted by Gasteiger charge is -2.22. The molecular weight excluding hydrogens is 358 g/mol. The lowest BCUT2D eigenvalue weighted by Crippen LogP contribution is -2.43. The Morgan fingerprint density at radius 1 is 1.18 bits per heavy atom. The first-order valence-corrected chi connectivity index (χ1v) is 9.62. The van der Waals surface area contributed by atoms with Crippen LogP contribution >= 0.6 is 0 Å². The van der Waals surface area contributed by atoms with Crippen LogP contribution in [0.5, 0.6) is 0 Å². The Hall–Kier alpha value is -2.60. The van der Waals surface area contributed by atoms with Gasteiger partial charge in [0.05, 0.1) is 30.9 Å². The molecular formula is C22H27NO5. The van der Waals surface area contributed by atoms with E-state index in [1.54, 1.807) is 6.26 Å². The van der Waals surface area contributed by atoms with Gasteiger partial charge in [0, 0.05) is 16.3 Å². The normalized spacial score (nSPS) is 13.8. The summed E-state index contributed by atoms with van der Waals surface area (Å²) >= 11 is 0. The fraction of sp³-hybridized carbons (Fsp3) is 0.455. The highest BCUT2D eigenvalue weighted by molar-refractivity contribution is 6.00. The number of amides is 1. The fourth-order valence-electron chi connectivity index (χ4n) is 3.59. The van der Waals surface area contributed by atoms with Crippen LogP contribution in [-0.2, 0) is 11.2 Å². The minimum absolute atomic E-state index is 0.0848. The van der Waals surface area contributed by atoms with E-state index in [0.717, 1.165) is 33.9 Å². The number of fused-ring (bicyclic) bond motifs is 2. The smallest absolute Gasteiger partial charge is 0.340 e. The van der Waals surface area contributed by atoms with Gasteiger partial charge >= 0.3 is 5.63 Å². The molecule has 0 fully saturated rings. The van der Waals surface area contributed by atoms with Crippen LogP contribution in [0, 0.1) is 26.7 Å². The summed E-state index contributed by atoms with van der Waals surface area (Å²) in [5, 5.41) is 14.1. The first-order chi connectivity index (χ1) is 13.3. The highest BCUT2D eigenvalue weighted by Crippen LogP contribution is 2.32. The zero-order valence-corrected chi connectivity index (χ0v) is 17.0. The lowest BCUT2D eigenvalue weighted by atomic mass is 9.97. The average Bonchev–Trinajstić information content (AvgIpc) is 3.05. The number of hydrogen-bond donors (Lipinski definition) is 2. The maximum atomic E-state index is 12.6. The Morgan fingerprint density at radius 3 is 2.54 bits per heavy atom. The molecule has 6 nitrogen and oxygen atoms in total. The predicted molar refractivity (Wildman–Crippen MR) is 109 cm³/mol. The number of aliphatic hydroxyl groups is 1. The van der Waals surface area contributed by atoms with Crippen molar-refractivity contribution < 1.29 is 18.7 Å². The number of furan rings is 1. The fourth-order valence-corrected chi connectivity index (χ4v) is 3.59. The molecule has 0 spiro atoms. The van der Waals surface area contributed by atoms with E-state index < -0.39 is 5.63 Å². The first kappa shape index (κ1) is 20.1. The van der Waals surface area contributed by atoms with Gasteiger partial charge in [-0.05, 0) is 43.9 Å². The molecule has 2 N–H and O–H groups in total. The summed E-state index contributed by atoms with van der Waals surface area (Å²) in [7, 11) is 0. The monoisotopic (exact) mass is 385 g/mol. The Kier molecular flexibility index (Phi) is 5.61. The molecule has 1 aromatic carbocycles. The molecule has 1 amide bonds. The molecule has 6 heteroatoms. The van der Waals surface area contributed by atoms with Crippen LogP contribution in [0.25, 0.3) is 21.9 Å². The van der Waals surface area contributed by atoms with E-state index in [4.69, 9.17) is 8.83 Å². The second kappa shape index (κ2) is 7.80. The maximum Gasteiger partial charge on any atom is 0.340 e. The van der Waals surface area contributed by atoms with Crippen molar-refractivity contribution in [2.24, 2.45) is 5.92 Å². The van der Waals surface area contributed by atoms with Crippen LogP contribution in [0.4, 0.5) is 0 Å². The maximum absolute atomic E-state index is 12.6. The lowest BCUT2D eigenvalue weighted by molar-refractivity contribution is -0.121. The number of carbonyl (C=O) groups excluding carboxylic acids is 1. The summed E-state index contributed by atoms with van der Waals surface area (Å²) in [6.07, 6.45) is 2.43. The van der Waals surface area contributed by atoms with E-state index in [2.05, 4.69) is 5.32 Å². The van der Waals surface area contributed by atoms with E-state index >= 15 is 0 Å². The highest BCUT2D eigenvalue weighted by atomic mass is 16.4. The molecule has 0 saturated heterocycles. The number of rotatable bonds is 6. The molecule has 0 aliphatic carbocycles. The molecule has 0 aliphatic rings. The van der Waals surface area contributed by atoms with Gasteiger partial charge in [0.25, 0.3) is 0 Å². The minimum Gasteiger partial charge on any atom is -0.464 e. The second-order valence-corrected chi connectivity index (χ2v) is 7.59. The third-order valence-corrected chi connectivity index (χ3v) is 5.75. The summed E-state index contributed by atoms with van der Waals surface area (Å²) in [5.41, 5.74) is 3.52. The van der Waals surface area contributed by atoms with Crippen molar-refractivity contribution in [3.8, 4) is 0 Å². The van der Waals surface area contributed by atoms with Crippen LogP contribution in [0.2, 0.25) is 0 Å². The number of hydrogen-bond acceptors (Lipinski definition) is 5. The number of nitrogens with one attached hydrogen (secondary N) is 1. The van der Waals surface area contributed by atoms with Crippen LogP contribution in [0.1, 0.15) is 42.5 Å². The van der Waals surface area contributed by atoms with Crippen LogP contribution in [-0.4, -0.2) is 23.7 Å². The number of carbonyl (C=O) groups is 1. The summed E-state index contributed by atoms with van der Waals surface area (Å²) in [6, 6.07) is 1.62. The van der Waals surface area contributed by atoms with E-state index in [1.165, 1.54) is 0 Å². The predicted octanol–water partition coefficient (Wildman–Crippen LogP) is 3.53. The van der Waals surface area contributed by atoms with Gasteiger partial charge in [-0.3, -0.25) is 4.79 Å². The van der Waals surface area contributed by atoms with E-state index in [1.807, 2.05) is 40.7 Å². The molecule has 2 atom stereocenters. The van der Waals surface area contributed by atoms with Crippen molar-refractivity contribution in [3.63, 3.8) is 0 Å². The summed E-state index contributed by atoms with van der Waals surface area (Å²) < 4.78 is 11.2. The molecule has 150 valence electrons. The van der Waals surface area contributed by atoms with Crippen molar-refractivity contribution in [2.75, 3.05) is 6.61 Å². The molecule has 0 radical (unpaired) electrons. The molecule has 2 heterocycles. The second-order valence-electron chi connectivity index (χ2n) is 7.59. The number of aryl methyl sites for hydroxylation is 3. The third-order valence-electron chi connectivity index (χ3n) is 5.75. The third kappa shape index (κ3) is 3.44. The highest BCUT2D eigenvalue weighted by Gasteiger charge is 2.21. The summed E-state index contributed by atoms with van der Waals surface area (Å²) in [5.74, 6) is -0.158.